The number of para-hydroxylation sites is 1. The summed E-state index contributed by atoms with van der Waals surface area (Å²) >= 11 is 0. The number of nitrogens with zero attached hydrogens (tertiary/aromatic N) is 2. The number of benzene rings is 2. The molecular formula is C27H31N3O4S. The van der Waals surface area contributed by atoms with Gasteiger partial charge in [-0.15, -0.1) is 6.58 Å². The van der Waals surface area contributed by atoms with Gasteiger partial charge >= 0.3 is 0 Å². The third kappa shape index (κ3) is 5.09. The predicted molar refractivity (Wildman–Crippen MR) is 138 cm³/mol. The number of hydrogen-bond donors (Lipinski definition) is 1. The highest BCUT2D eigenvalue weighted by Crippen LogP contribution is 2.39. The van der Waals surface area contributed by atoms with Crippen LogP contribution in [0.15, 0.2) is 67.3 Å². The number of rotatable bonds is 8. The number of ether oxygens (including phenoxy) is 1. The minimum Gasteiger partial charge on any atom is -0.489 e. The lowest BCUT2D eigenvalue weighted by Gasteiger charge is -2.42. The Morgan fingerprint density at radius 2 is 1.97 bits per heavy atom. The highest BCUT2D eigenvalue weighted by molar-refractivity contribution is 7.92. The summed E-state index contributed by atoms with van der Waals surface area (Å²) in [6, 6.07) is 17.0. The van der Waals surface area contributed by atoms with E-state index in [0.717, 1.165) is 22.2 Å². The highest BCUT2D eigenvalue weighted by Gasteiger charge is 2.50. The van der Waals surface area contributed by atoms with Crippen LogP contribution in [-0.2, 0) is 26.0 Å². The quantitative estimate of drug-likeness (QED) is 0.484. The average Bonchev–Trinajstić information content (AvgIpc) is 2.85. The molecule has 1 fully saturated rings. The molecule has 0 bridgehead atoms. The Hall–Kier alpha value is -3.23. The number of aryl methyl sites for hydroxylation is 1. The monoisotopic (exact) mass is 493 g/mol. The first kappa shape index (κ1) is 24.9. The van der Waals surface area contributed by atoms with Crippen molar-refractivity contribution < 1.29 is 17.9 Å². The van der Waals surface area contributed by atoms with Crippen LogP contribution in [0.3, 0.4) is 0 Å². The molecule has 35 heavy (non-hydrogen) atoms. The summed E-state index contributed by atoms with van der Waals surface area (Å²) in [6.45, 7) is 7.31. The van der Waals surface area contributed by atoms with Gasteiger partial charge in [0.15, 0.2) is 9.84 Å². The molecule has 0 saturated carbocycles. The summed E-state index contributed by atoms with van der Waals surface area (Å²) in [4.78, 5) is 19.0. The molecule has 3 aromatic rings. The molecule has 1 aliphatic heterocycles. The van der Waals surface area contributed by atoms with Crippen LogP contribution in [0.25, 0.3) is 10.9 Å². The second-order valence-corrected chi connectivity index (χ2v) is 11.4. The summed E-state index contributed by atoms with van der Waals surface area (Å²) in [6.07, 6.45) is 1.62. The van der Waals surface area contributed by atoms with Gasteiger partial charge in [-0.1, -0.05) is 36.4 Å². The molecular weight excluding hydrogens is 462 g/mol. The van der Waals surface area contributed by atoms with Crippen LogP contribution in [-0.4, -0.2) is 56.6 Å². The lowest BCUT2D eigenvalue weighted by atomic mass is 9.92. The summed E-state index contributed by atoms with van der Waals surface area (Å²) in [5.74, 6) is 0.303. The van der Waals surface area contributed by atoms with Crippen LogP contribution in [0.2, 0.25) is 0 Å². The summed E-state index contributed by atoms with van der Waals surface area (Å²) in [5.41, 5.74) is 3.46. The minimum absolute atomic E-state index is 0.00937. The maximum absolute atomic E-state index is 13.4. The first-order valence-electron chi connectivity index (χ1n) is 11.6. The fourth-order valence-electron chi connectivity index (χ4n) is 4.74. The van der Waals surface area contributed by atoms with E-state index >= 15 is 0 Å². The number of amides is 1. The van der Waals surface area contributed by atoms with Crippen LogP contribution in [0.5, 0.6) is 5.75 Å². The minimum atomic E-state index is -3.58. The van der Waals surface area contributed by atoms with E-state index in [4.69, 9.17) is 4.74 Å². The molecule has 8 heteroatoms. The zero-order chi connectivity index (χ0) is 25.1. The van der Waals surface area contributed by atoms with Crippen LogP contribution in [0.1, 0.15) is 23.2 Å². The summed E-state index contributed by atoms with van der Waals surface area (Å²) < 4.78 is 31.5. The van der Waals surface area contributed by atoms with E-state index in [9.17, 15) is 13.2 Å². The van der Waals surface area contributed by atoms with E-state index in [1.165, 1.54) is 7.05 Å². The maximum Gasteiger partial charge on any atom is 0.221 e. The van der Waals surface area contributed by atoms with Crippen molar-refractivity contribution in [3.8, 4) is 5.75 Å². The third-order valence-corrected chi connectivity index (χ3v) is 8.99. The second-order valence-electron chi connectivity index (χ2n) is 8.94. The molecule has 184 valence electrons. The lowest BCUT2D eigenvalue weighted by molar-refractivity contribution is -0.121. The average molecular weight is 494 g/mol. The van der Waals surface area contributed by atoms with Crippen molar-refractivity contribution in [2.24, 2.45) is 0 Å². The van der Waals surface area contributed by atoms with Gasteiger partial charge in [-0.05, 0) is 36.8 Å². The van der Waals surface area contributed by atoms with Crippen molar-refractivity contribution in [2.75, 3.05) is 32.4 Å². The number of hydrogen-bond acceptors (Lipinski definition) is 6. The topological polar surface area (TPSA) is 88.6 Å². The highest BCUT2D eigenvalue weighted by atomic mass is 32.2. The number of sulfone groups is 1. The number of carbonyl (C=O) groups excluding carboxylic acids is 1. The van der Waals surface area contributed by atoms with Gasteiger partial charge in [0, 0.05) is 43.3 Å². The van der Waals surface area contributed by atoms with Crippen molar-refractivity contribution in [1.82, 2.24) is 15.2 Å². The number of fused-ring (bicyclic) bond motifs is 1. The van der Waals surface area contributed by atoms with Crippen LogP contribution in [0, 0.1) is 6.92 Å². The molecule has 2 heterocycles. The smallest absolute Gasteiger partial charge is 0.221 e. The van der Waals surface area contributed by atoms with Crippen molar-refractivity contribution in [3.05, 3.63) is 84.1 Å². The molecule has 4 rings (SSSR count). The Balaban J connectivity index is 1.62. The molecule has 1 aliphatic rings. The van der Waals surface area contributed by atoms with Crippen LogP contribution < -0.4 is 10.1 Å². The van der Waals surface area contributed by atoms with Gasteiger partial charge in [0.25, 0.3) is 0 Å². The molecule has 1 atom stereocenters. The fraction of sp³-hybridized carbons (Fsp3) is 0.333. The molecule has 2 aromatic carbocycles. The lowest BCUT2D eigenvalue weighted by Crippen LogP contribution is -2.55. The Morgan fingerprint density at radius 1 is 1.23 bits per heavy atom. The first-order chi connectivity index (χ1) is 16.8. The zero-order valence-corrected chi connectivity index (χ0v) is 21.0. The van der Waals surface area contributed by atoms with Crippen molar-refractivity contribution in [1.29, 1.82) is 0 Å². The molecule has 7 nitrogen and oxygen atoms in total. The first-order valence-corrected chi connectivity index (χ1v) is 13.3. The van der Waals surface area contributed by atoms with E-state index in [1.807, 2.05) is 42.2 Å². The van der Waals surface area contributed by atoms with E-state index in [1.54, 1.807) is 30.3 Å². The van der Waals surface area contributed by atoms with Crippen molar-refractivity contribution >= 4 is 26.6 Å². The van der Waals surface area contributed by atoms with Crippen LogP contribution in [0.4, 0.5) is 0 Å². The van der Waals surface area contributed by atoms with Crippen molar-refractivity contribution in [3.63, 3.8) is 0 Å². The molecule has 0 spiro atoms. The van der Waals surface area contributed by atoms with E-state index in [-0.39, 0.29) is 24.6 Å². The second kappa shape index (κ2) is 10.2. The maximum atomic E-state index is 13.4. The molecule has 0 aliphatic carbocycles. The van der Waals surface area contributed by atoms with E-state index in [2.05, 4.69) is 16.9 Å². The molecule has 1 amide bonds. The van der Waals surface area contributed by atoms with Gasteiger partial charge in [-0.2, -0.15) is 0 Å². The fourth-order valence-corrected chi connectivity index (χ4v) is 6.85. The molecule has 1 saturated heterocycles. The number of pyridine rings is 1. The Bertz CT molecular complexity index is 1340. The summed E-state index contributed by atoms with van der Waals surface area (Å²) in [7, 11) is -2.05. The zero-order valence-electron chi connectivity index (χ0n) is 20.2. The van der Waals surface area contributed by atoms with E-state index in [0.29, 0.717) is 31.0 Å². The van der Waals surface area contributed by atoms with Gasteiger partial charge in [-0.25, -0.2) is 8.42 Å². The van der Waals surface area contributed by atoms with Gasteiger partial charge in [0.1, 0.15) is 17.1 Å². The van der Waals surface area contributed by atoms with Gasteiger partial charge < -0.3 is 10.1 Å². The third-order valence-electron chi connectivity index (χ3n) is 6.57. The predicted octanol–water partition coefficient (Wildman–Crippen LogP) is 3.37. The van der Waals surface area contributed by atoms with Gasteiger partial charge in [-0.3, -0.25) is 14.7 Å². The molecule has 1 aromatic heterocycles. The SMILES string of the molecule is C=CCN1CCS(=O)(=O)C(CC(=O)NC)(c2ccc(OCc3cc(C)nc4ccccc34)cc2)C1. The Kier molecular flexibility index (Phi) is 7.23. The number of nitrogens with one attached hydrogen (secondary N) is 1. The van der Waals surface area contributed by atoms with E-state index < -0.39 is 14.6 Å². The molecule has 1 N–H and O–H groups in total. The van der Waals surface area contributed by atoms with Gasteiger partial charge in [0.2, 0.25) is 5.91 Å². The number of aromatic nitrogens is 1. The Labute approximate surface area is 206 Å². The summed E-state index contributed by atoms with van der Waals surface area (Å²) in [5, 5.41) is 3.63. The van der Waals surface area contributed by atoms with Gasteiger partial charge in [0.05, 0.1) is 17.7 Å². The molecule has 1 unspecified atom stereocenters. The molecule has 0 radical (unpaired) electrons. The van der Waals surface area contributed by atoms with Crippen molar-refractivity contribution in [2.45, 2.75) is 24.7 Å². The number of carbonyl (C=O) groups is 1. The van der Waals surface area contributed by atoms with Crippen LogP contribution >= 0.6 is 0 Å². The normalized spacial score (nSPS) is 19.8. The Morgan fingerprint density at radius 3 is 2.69 bits per heavy atom. The largest absolute Gasteiger partial charge is 0.489 e. The standard InChI is InChI=1S/C27H31N3O4S/c1-4-13-30-14-15-35(32,33)27(19-30,17-26(31)28-3)22-9-11-23(12-10-22)34-18-21-16-20(2)29-25-8-6-5-7-24(21)25/h4-12,16H,1,13-15,17-19H2,2-3H3,(H,28,31).